The Kier molecular flexibility index (Phi) is 4.65. The van der Waals surface area contributed by atoms with Crippen LogP contribution in [0.2, 0.25) is 0 Å². The summed E-state index contributed by atoms with van der Waals surface area (Å²) < 4.78 is 0. The molecule has 1 aliphatic heterocycles. The summed E-state index contributed by atoms with van der Waals surface area (Å²) >= 11 is 0. The standard InChI is InChI=1S/C18H24N4O/c1-13-12-19-17(20-13)14(2)21-18(23)15-6-8-16(9-7-15)22-10-4-3-5-11-22/h6-9,12,14H,3-5,10-11H2,1-2H3,(H,19,20)(H,21,23)/t14-/m0/s1. The summed E-state index contributed by atoms with van der Waals surface area (Å²) in [6, 6.07) is 7.75. The summed E-state index contributed by atoms with van der Waals surface area (Å²) in [5.74, 6) is 0.706. The minimum atomic E-state index is -0.141. The highest BCUT2D eigenvalue weighted by molar-refractivity contribution is 5.94. The minimum absolute atomic E-state index is 0.0725. The third-order valence-corrected chi connectivity index (χ3v) is 4.33. The van der Waals surface area contributed by atoms with Gasteiger partial charge in [-0.3, -0.25) is 4.79 Å². The lowest BCUT2D eigenvalue weighted by molar-refractivity contribution is 0.0938. The van der Waals surface area contributed by atoms with E-state index in [9.17, 15) is 4.79 Å². The lowest BCUT2D eigenvalue weighted by Crippen LogP contribution is -2.29. The number of amides is 1. The number of benzene rings is 1. The van der Waals surface area contributed by atoms with E-state index in [1.807, 2.05) is 38.1 Å². The number of rotatable bonds is 4. The maximum atomic E-state index is 12.4. The van der Waals surface area contributed by atoms with Gasteiger partial charge in [0.2, 0.25) is 0 Å². The van der Waals surface area contributed by atoms with E-state index in [0.717, 1.165) is 24.6 Å². The number of nitrogens with zero attached hydrogens (tertiary/aromatic N) is 2. The van der Waals surface area contributed by atoms with Crippen LogP contribution in [0.15, 0.2) is 30.5 Å². The fourth-order valence-electron chi connectivity index (χ4n) is 2.98. The molecule has 122 valence electrons. The van der Waals surface area contributed by atoms with Crippen molar-refractivity contribution in [1.82, 2.24) is 15.3 Å². The molecule has 5 nitrogen and oxygen atoms in total. The number of piperidine rings is 1. The number of carbonyl (C=O) groups excluding carboxylic acids is 1. The first-order chi connectivity index (χ1) is 11.1. The molecule has 0 spiro atoms. The van der Waals surface area contributed by atoms with Crippen molar-refractivity contribution in [3.05, 3.63) is 47.5 Å². The Morgan fingerprint density at radius 3 is 2.52 bits per heavy atom. The molecular weight excluding hydrogens is 288 g/mol. The van der Waals surface area contributed by atoms with Gasteiger partial charge >= 0.3 is 0 Å². The summed E-state index contributed by atoms with van der Waals surface area (Å²) in [7, 11) is 0. The fraction of sp³-hybridized carbons (Fsp3) is 0.444. The van der Waals surface area contributed by atoms with Gasteiger partial charge in [0, 0.05) is 36.2 Å². The van der Waals surface area contributed by atoms with Gasteiger partial charge in [0.05, 0.1) is 6.04 Å². The molecule has 0 bridgehead atoms. The van der Waals surface area contributed by atoms with Crippen LogP contribution in [0.5, 0.6) is 0 Å². The van der Waals surface area contributed by atoms with E-state index < -0.39 is 0 Å². The summed E-state index contributed by atoms with van der Waals surface area (Å²) in [5, 5.41) is 2.98. The van der Waals surface area contributed by atoms with Crippen LogP contribution in [0.1, 0.15) is 54.1 Å². The van der Waals surface area contributed by atoms with Crippen molar-refractivity contribution in [2.24, 2.45) is 0 Å². The second-order valence-electron chi connectivity index (χ2n) is 6.24. The Hall–Kier alpha value is -2.30. The fourth-order valence-corrected chi connectivity index (χ4v) is 2.98. The Morgan fingerprint density at radius 2 is 1.91 bits per heavy atom. The van der Waals surface area contributed by atoms with Crippen LogP contribution in [0.25, 0.3) is 0 Å². The lowest BCUT2D eigenvalue weighted by Gasteiger charge is -2.28. The molecule has 1 aliphatic rings. The second-order valence-corrected chi connectivity index (χ2v) is 6.24. The van der Waals surface area contributed by atoms with Crippen molar-refractivity contribution in [2.45, 2.75) is 39.2 Å². The topological polar surface area (TPSA) is 61.0 Å². The molecule has 2 N–H and O–H groups in total. The molecule has 0 radical (unpaired) electrons. The zero-order valence-electron chi connectivity index (χ0n) is 13.8. The van der Waals surface area contributed by atoms with Crippen molar-refractivity contribution in [2.75, 3.05) is 18.0 Å². The maximum absolute atomic E-state index is 12.4. The third kappa shape index (κ3) is 3.73. The quantitative estimate of drug-likeness (QED) is 0.911. The predicted octanol–water partition coefficient (Wildman–Crippen LogP) is 3.20. The second kappa shape index (κ2) is 6.86. The molecule has 2 aromatic rings. The first-order valence-corrected chi connectivity index (χ1v) is 8.31. The van der Waals surface area contributed by atoms with E-state index in [4.69, 9.17) is 0 Å². The number of aryl methyl sites for hydroxylation is 1. The number of imidazole rings is 1. The third-order valence-electron chi connectivity index (χ3n) is 4.33. The predicted molar refractivity (Wildman–Crippen MR) is 91.7 cm³/mol. The minimum Gasteiger partial charge on any atom is -0.372 e. The zero-order chi connectivity index (χ0) is 16.2. The van der Waals surface area contributed by atoms with Gasteiger partial charge in [-0.2, -0.15) is 0 Å². The van der Waals surface area contributed by atoms with Crippen molar-refractivity contribution in [3.63, 3.8) is 0 Å². The van der Waals surface area contributed by atoms with Crippen LogP contribution >= 0.6 is 0 Å². The normalized spacial score (nSPS) is 16.2. The Balaban J connectivity index is 1.63. The van der Waals surface area contributed by atoms with Gasteiger partial charge in [-0.1, -0.05) is 0 Å². The van der Waals surface area contributed by atoms with Crippen LogP contribution in [0.3, 0.4) is 0 Å². The van der Waals surface area contributed by atoms with Gasteiger partial charge in [-0.05, 0) is 57.4 Å². The number of aromatic nitrogens is 2. The van der Waals surface area contributed by atoms with Gasteiger partial charge < -0.3 is 15.2 Å². The molecular formula is C18H24N4O. The molecule has 2 heterocycles. The summed E-state index contributed by atoms with van der Waals surface area (Å²) in [4.78, 5) is 22.2. The molecule has 0 aliphatic carbocycles. The van der Waals surface area contributed by atoms with Gasteiger partial charge in [-0.15, -0.1) is 0 Å². The van der Waals surface area contributed by atoms with Gasteiger partial charge in [0.1, 0.15) is 5.82 Å². The number of hydrogen-bond acceptors (Lipinski definition) is 3. The highest BCUT2D eigenvalue weighted by atomic mass is 16.1. The van der Waals surface area contributed by atoms with E-state index >= 15 is 0 Å². The van der Waals surface area contributed by atoms with Crippen molar-refractivity contribution in [1.29, 1.82) is 0 Å². The first kappa shape index (κ1) is 15.6. The van der Waals surface area contributed by atoms with Crippen LogP contribution < -0.4 is 10.2 Å². The molecule has 1 saturated heterocycles. The summed E-state index contributed by atoms with van der Waals surface area (Å²) in [6.45, 7) is 6.10. The highest BCUT2D eigenvalue weighted by Crippen LogP contribution is 2.20. The van der Waals surface area contributed by atoms with Crippen molar-refractivity contribution < 1.29 is 4.79 Å². The molecule has 3 rings (SSSR count). The Morgan fingerprint density at radius 1 is 1.22 bits per heavy atom. The lowest BCUT2D eigenvalue weighted by atomic mass is 10.1. The van der Waals surface area contributed by atoms with E-state index in [1.165, 1.54) is 24.9 Å². The molecule has 0 saturated carbocycles. The summed E-state index contributed by atoms with van der Waals surface area (Å²) in [6.07, 6.45) is 5.59. The number of nitrogens with one attached hydrogen (secondary N) is 2. The number of carbonyl (C=O) groups is 1. The Labute approximate surface area is 137 Å². The number of hydrogen-bond donors (Lipinski definition) is 2. The molecule has 0 unspecified atom stereocenters. The molecule has 1 fully saturated rings. The molecule has 1 amide bonds. The number of anilines is 1. The van der Waals surface area contributed by atoms with Crippen LogP contribution in [-0.4, -0.2) is 29.0 Å². The van der Waals surface area contributed by atoms with Crippen molar-refractivity contribution in [3.8, 4) is 0 Å². The SMILES string of the molecule is Cc1cnc([C@H](C)NC(=O)c2ccc(N3CCCCC3)cc2)[nH]1. The van der Waals surface area contributed by atoms with E-state index in [1.54, 1.807) is 6.20 Å². The smallest absolute Gasteiger partial charge is 0.251 e. The highest BCUT2D eigenvalue weighted by Gasteiger charge is 2.15. The van der Waals surface area contributed by atoms with Crippen molar-refractivity contribution >= 4 is 11.6 Å². The number of H-pyrrole nitrogens is 1. The zero-order valence-corrected chi connectivity index (χ0v) is 13.8. The van der Waals surface area contributed by atoms with E-state index in [2.05, 4.69) is 20.2 Å². The monoisotopic (exact) mass is 312 g/mol. The maximum Gasteiger partial charge on any atom is 0.251 e. The Bertz CT molecular complexity index is 656. The van der Waals surface area contributed by atoms with Gasteiger partial charge in [0.25, 0.3) is 5.91 Å². The number of aromatic amines is 1. The van der Waals surface area contributed by atoms with E-state index in [0.29, 0.717) is 5.56 Å². The van der Waals surface area contributed by atoms with E-state index in [-0.39, 0.29) is 11.9 Å². The molecule has 1 aromatic heterocycles. The first-order valence-electron chi connectivity index (χ1n) is 8.31. The largest absolute Gasteiger partial charge is 0.372 e. The average Bonchev–Trinajstić information content (AvgIpc) is 3.02. The summed E-state index contributed by atoms with van der Waals surface area (Å²) in [5.41, 5.74) is 2.88. The van der Waals surface area contributed by atoms with Gasteiger partial charge in [0.15, 0.2) is 0 Å². The average molecular weight is 312 g/mol. The molecule has 5 heteroatoms. The molecule has 23 heavy (non-hydrogen) atoms. The molecule has 1 atom stereocenters. The van der Waals surface area contributed by atoms with Crippen LogP contribution in [-0.2, 0) is 0 Å². The molecule has 1 aromatic carbocycles. The van der Waals surface area contributed by atoms with Crippen LogP contribution in [0, 0.1) is 6.92 Å². The van der Waals surface area contributed by atoms with Gasteiger partial charge in [-0.25, -0.2) is 4.98 Å². The van der Waals surface area contributed by atoms with Crippen LogP contribution in [0.4, 0.5) is 5.69 Å².